The predicted octanol–water partition coefficient (Wildman–Crippen LogP) is 3.46. The number of carbonyl (C=O) groups excluding carboxylic acids is 2. The Morgan fingerprint density at radius 2 is 1.84 bits per heavy atom. The SMILES string of the molecule is COc1ccc(C=C2Oc3c(ccc(OC(=O)N4CCOCC4)c3C)C2=O)c(OC)c1. The molecule has 1 fully saturated rings. The predicted molar refractivity (Wildman–Crippen MR) is 112 cm³/mol. The quantitative estimate of drug-likeness (QED) is 0.694. The second kappa shape index (κ2) is 8.69. The lowest BCUT2D eigenvalue weighted by atomic mass is 10.1. The van der Waals surface area contributed by atoms with Crippen molar-refractivity contribution in [3.05, 3.63) is 52.8 Å². The number of hydrogen-bond acceptors (Lipinski definition) is 7. The molecule has 0 aromatic heterocycles. The number of rotatable bonds is 4. The summed E-state index contributed by atoms with van der Waals surface area (Å²) in [6, 6.07) is 8.51. The summed E-state index contributed by atoms with van der Waals surface area (Å²) in [6.45, 7) is 3.69. The van der Waals surface area contributed by atoms with Gasteiger partial charge >= 0.3 is 6.09 Å². The maximum absolute atomic E-state index is 12.9. The molecular weight excluding hydrogens is 402 g/mol. The molecular formula is C23H23NO7. The molecule has 0 atom stereocenters. The van der Waals surface area contributed by atoms with Gasteiger partial charge in [-0.3, -0.25) is 4.79 Å². The number of fused-ring (bicyclic) bond motifs is 1. The molecule has 0 bridgehead atoms. The number of morpholine rings is 1. The highest BCUT2D eigenvalue weighted by atomic mass is 16.6. The van der Waals surface area contributed by atoms with Crippen molar-refractivity contribution < 1.29 is 33.3 Å². The average Bonchev–Trinajstić information content (AvgIpc) is 3.12. The van der Waals surface area contributed by atoms with Gasteiger partial charge in [-0.25, -0.2) is 4.79 Å². The Morgan fingerprint density at radius 3 is 2.55 bits per heavy atom. The Hall–Kier alpha value is -3.52. The van der Waals surface area contributed by atoms with Gasteiger partial charge in [0.05, 0.1) is 33.0 Å². The molecule has 2 aliphatic heterocycles. The molecule has 2 heterocycles. The maximum atomic E-state index is 12.9. The van der Waals surface area contributed by atoms with Gasteiger partial charge < -0.3 is 28.6 Å². The van der Waals surface area contributed by atoms with Crippen molar-refractivity contribution in [3.63, 3.8) is 0 Å². The molecule has 2 aromatic rings. The number of benzene rings is 2. The van der Waals surface area contributed by atoms with Crippen molar-refractivity contribution in [1.82, 2.24) is 4.90 Å². The Labute approximate surface area is 179 Å². The molecule has 2 aromatic carbocycles. The zero-order valence-corrected chi connectivity index (χ0v) is 17.6. The number of ether oxygens (including phenoxy) is 5. The first-order valence-corrected chi connectivity index (χ1v) is 9.86. The summed E-state index contributed by atoms with van der Waals surface area (Å²) in [5, 5.41) is 0. The van der Waals surface area contributed by atoms with Gasteiger partial charge in [-0.05, 0) is 37.3 Å². The van der Waals surface area contributed by atoms with Gasteiger partial charge in [0.1, 0.15) is 23.0 Å². The summed E-state index contributed by atoms with van der Waals surface area (Å²) >= 11 is 0. The highest BCUT2D eigenvalue weighted by Crippen LogP contribution is 2.40. The molecule has 0 unspecified atom stereocenters. The van der Waals surface area contributed by atoms with Crippen LogP contribution >= 0.6 is 0 Å². The van der Waals surface area contributed by atoms with Crippen LogP contribution in [0.2, 0.25) is 0 Å². The molecule has 4 rings (SSSR count). The summed E-state index contributed by atoms with van der Waals surface area (Å²) in [5.74, 6) is 1.85. The fraction of sp³-hybridized carbons (Fsp3) is 0.304. The summed E-state index contributed by atoms with van der Waals surface area (Å²) < 4.78 is 27.3. The van der Waals surface area contributed by atoms with Crippen LogP contribution in [0, 0.1) is 6.92 Å². The molecule has 0 radical (unpaired) electrons. The number of nitrogens with zero attached hydrogens (tertiary/aromatic N) is 1. The van der Waals surface area contributed by atoms with Crippen molar-refractivity contribution in [1.29, 1.82) is 0 Å². The molecule has 162 valence electrons. The molecule has 1 saturated heterocycles. The number of methoxy groups -OCH3 is 2. The minimum absolute atomic E-state index is 0.165. The minimum Gasteiger partial charge on any atom is -0.497 e. The zero-order chi connectivity index (χ0) is 22.0. The minimum atomic E-state index is -0.450. The smallest absolute Gasteiger partial charge is 0.415 e. The zero-order valence-electron chi connectivity index (χ0n) is 17.6. The van der Waals surface area contributed by atoms with Gasteiger partial charge in [0.25, 0.3) is 0 Å². The molecule has 0 aliphatic carbocycles. The molecule has 2 aliphatic rings. The number of ketones is 1. The van der Waals surface area contributed by atoms with Crippen LogP contribution in [0.4, 0.5) is 4.79 Å². The van der Waals surface area contributed by atoms with Crippen molar-refractivity contribution in [3.8, 4) is 23.0 Å². The van der Waals surface area contributed by atoms with E-state index in [1.54, 1.807) is 62.5 Å². The van der Waals surface area contributed by atoms with E-state index in [9.17, 15) is 9.59 Å². The lowest BCUT2D eigenvalue weighted by Crippen LogP contribution is -2.42. The number of carbonyl (C=O) groups is 2. The van der Waals surface area contributed by atoms with Crippen LogP contribution in [0.15, 0.2) is 36.1 Å². The van der Waals surface area contributed by atoms with E-state index >= 15 is 0 Å². The van der Waals surface area contributed by atoms with Gasteiger partial charge in [0, 0.05) is 30.3 Å². The van der Waals surface area contributed by atoms with E-state index < -0.39 is 6.09 Å². The summed E-state index contributed by atoms with van der Waals surface area (Å²) in [7, 11) is 3.11. The molecule has 1 amide bonds. The van der Waals surface area contributed by atoms with Crippen LogP contribution < -0.4 is 18.9 Å². The van der Waals surface area contributed by atoms with Crippen molar-refractivity contribution >= 4 is 18.0 Å². The summed E-state index contributed by atoms with van der Waals surface area (Å²) in [6.07, 6.45) is 1.17. The Bertz CT molecular complexity index is 1050. The maximum Gasteiger partial charge on any atom is 0.415 e. The highest BCUT2D eigenvalue weighted by molar-refractivity contribution is 6.15. The van der Waals surface area contributed by atoms with Crippen LogP contribution in [-0.2, 0) is 4.74 Å². The molecule has 31 heavy (non-hydrogen) atoms. The average molecular weight is 425 g/mol. The van der Waals surface area contributed by atoms with Crippen molar-refractivity contribution in [2.75, 3.05) is 40.5 Å². The number of Topliss-reactive ketones (excluding diaryl/α,β-unsaturated/α-hetero) is 1. The van der Waals surface area contributed by atoms with Gasteiger partial charge in [0.15, 0.2) is 5.76 Å². The van der Waals surface area contributed by atoms with Crippen LogP contribution in [0.5, 0.6) is 23.0 Å². The number of amides is 1. The van der Waals surface area contributed by atoms with Crippen LogP contribution in [0.3, 0.4) is 0 Å². The summed E-state index contributed by atoms with van der Waals surface area (Å²) in [4.78, 5) is 26.9. The standard InChI is InChI=1S/C23H23NO7/c1-14-18(31-23(26)24-8-10-29-11-9-24)7-6-17-21(25)20(30-22(14)17)12-15-4-5-16(27-2)13-19(15)28-3/h4-7,12-13H,8-11H2,1-3H3. The largest absolute Gasteiger partial charge is 0.497 e. The number of hydrogen-bond donors (Lipinski definition) is 0. The third kappa shape index (κ3) is 4.06. The van der Waals surface area contributed by atoms with Gasteiger partial charge in [0.2, 0.25) is 5.78 Å². The third-order valence-electron chi connectivity index (χ3n) is 5.23. The fourth-order valence-electron chi connectivity index (χ4n) is 3.46. The van der Waals surface area contributed by atoms with Crippen molar-refractivity contribution in [2.45, 2.75) is 6.92 Å². The lowest BCUT2D eigenvalue weighted by molar-refractivity contribution is 0.0415. The first kappa shape index (κ1) is 20.7. The van der Waals surface area contributed by atoms with Crippen molar-refractivity contribution in [2.24, 2.45) is 0 Å². The summed E-state index contributed by atoms with van der Waals surface area (Å²) in [5.41, 5.74) is 1.68. The van der Waals surface area contributed by atoms with E-state index in [0.717, 1.165) is 0 Å². The first-order chi connectivity index (χ1) is 15.0. The Balaban J connectivity index is 1.58. The second-order valence-electron chi connectivity index (χ2n) is 7.08. The van der Waals surface area contributed by atoms with Gasteiger partial charge in [-0.1, -0.05) is 0 Å². The second-order valence-corrected chi connectivity index (χ2v) is 7.08. The van der Waals surface area contributed by atoms with E-state index in [-0.39, 0.29) is 11.5 Å². The number of allylic oxidation sites excluding steroid dienone is 1. The topological polar surface area (TPSA) is 83.5 Å². The molecule has 0 saturated carbocycles. The Morgan fingerprint density at radius 1 is 1.06 bits per heavy atom. The van der Waals surface area contributed by atoms with E-state index in [2.05, 4.69) is 0 Å². The molecule has 8 heteroatoms. The molecule has 8 nitrogen and oxygen atoms in total. The monoisotopic (exact) mass is 425 g/mol. The van der Waals surface area contributed by atoms with Crippen LogP contribution in [0.1, 0.15) is 21.5 Å². The Kier molecular flexibility index (Phi) is 5.81. The van der Waals surface area contributed by atoms with Gasteiger partial charge in [-0.15, -0.1) is 0 Å². The molecule has 0 spiro atoms. The normalized spacial score (nSPS) is 16.7. The van der Waals surface area contributed by atoms with E-state index in [1.807, 2.05) is 0 Å². The highest BCUT2D eigenvalue weighted by Gasteiger charge is 2.31. The molecule has 0 N–H and O–H groups in total. The van der Waals surface area contributed by atoms with E-state index in [1.165, 1.54) is 0 Å². The lowest BCUT2D eigenvalue weighted by Gasteiger charge is -2.26. The van der Waals surface area contributed by atoms with Gasteiger partial charge in [-0.2, -0.15) is 0 Å². The third-order valence-corrected chi connectivity index (χ3v) is 5.23. The van der Waals surface area contributed by atoms with Crippen LogP contribution in [-0.4, -0.2) is 57.3 Å². The van der Waals surface area contributed by atoms with E-state index in [0.29, 0.717) is 66.0 Å². The first-order valence-electron chi connectivity index (χ1n) is 9.86. The fourth-order valence-corrected chi connectivity index (χ4v) is 3.46. The van der Waals surface area contributed by atoms with Crippen LogP contribution in [0.25, 0.3) is 6.08 Å². The van der Waals surface area contributed by atoms with E-state index in [4.69, 9.17) is 23.7 Å².